The number of nitro groups is 1. The van der Waals surface area contributed by atoms with Gasteiger partial charge in [-0.3, -0.25) is 15.1 Å². The Morgan fingerprint density at radius 3 is 3.06 bits per heavy atom. The molecule has 0 bridgehead atoms. The Morgan fingerprint density at radius 2 is 2.33 bits per heavy atom. The van der Waals surface area contributed by atoms with E-state index in [2.05, 4.69) is 32.5 Å². The molecule has 0 saturated carbocycles. The van der Waals surface area contributed by atoms with Crippen LogP contribution in [-0.4, -0.2) is 33.8 Å². The molecule has 94 valence electrons. The standard InChI is InChI=1S/C11H10IN3O2S/c12-8-3-7(4-9(5-8)15(16)17)10-6-14-1-2-18-11(14)13-10/h3-5,10H,1-2,6H2. The summed E-state index contributed by atoms with van der Waals surface area (Å²) in [4.78, 5) is 17.4. The van der Waals surface area contributed by atoms with Crippen molar-refractivity contribution in [2.24, 2.45) is 4.99 Å². The van der Waals surface area contributed by atoms with Crippen LogP contribution in [0.15, 0.2) is 23.2 Å². The van der Waals surface area contributed by atoms with Crippen LogP contribution in [0.1, 0.15) is 11.6 Å². The maximum absolute atomic E-state index is 10.9. The van der Waals surface area contributed by atoms with E-state index in [4.69, 9.17) is 0 Å². The van der Waals surface area contributed by atoms with Crippen molar-refractivity contribution in [2.45, 2.75) is 6.04 Å². The largest absolute Gasteiger partial charge is 0.348 e. The number of fused-ring (bicyclic) bond motifs is 1. The van der Waals surface area contributed by atoms with Crippen molar-refractivity contribution < 1.29 is 4.92 Å². The Labute approximate surface area is 122 Å². The van der Waals surface area contributed by atoms with E-state index < -0.39 is 0 Å². The maximum atomic E-state index is 10.9. The Kier molecular flexibility index (Phi) is 3.18. The van der Waals surface area contributed by atoms with Gasteiger partial charge in [0.25, 0.3) is 5.69 Å². The number of rotatable bonds is 2. The molecule has 1 atom stereocenters. The first-order chi connectivity index (χ1) is 8.63. The van der Waals surface area contributed by atoms with Crippen LogP contribution in [0.4, 0.5) is 5.69 Å². The third kappa shape index (κ3) is 2.20. The van der Waals surface area contributed by atoms with E-state index >= 15 is 0 Å². The zero-order valence-corrected chi connectivity index (χ0v) is 12.3. The molecule has 1 aromatic carbocycles. The van der Waals surface area contributed by atoms with Gasteiger partial charge in [-0.25, -0.2) is 0 Å². The van der Waals surface area contributed by atoms with Gasteiger partial charge in [-0.05, 0) is 34.2 Å². The van der Waals surface area contributed by atoms with Crippen molar-refractivity contribution in [2.75, 3.05) is 18.8 Å². The molecule has 0 aromatic heterocycles. The number of amidine groups is 1. The zero-order chi connectivity index (χ0) is 12.7. The van der Waals surface area contributed by atoms with E-state index in [1.807, 2.05) is 6.07 Å². The number of halogens is 1. The Hall–Kier alpha value is -0.830. The molecule has 2 heterocycles. The summed E-state index contributed by atoms with van der Waals surface area (Å²) < 4.78 is 0.886. The van der Waals surface area contributed by atoms with Crippen LogP contribution in [0.2, 0.25) is 0 Å². The molecule has 1 saturated heterocycles. The highest BCUT2D eigenvalue weighted by Crippen LogP contribution is 2.34. The molecule has 5 nitrogen and oxygen atoms in total. The number of thioether (sulfide) groups is 1. The summed E-state index contributed by atoms with van der Waals surface area (Å²) in [5, 5.41) is 12.0. The third-order valence-electron chi connectivity index (χ3n) is 3.02. The first-order valence-corrected chi connectivity index (χ1v) is 7.60. The van der Waals surface area contributed by atoms with Crippen LogP contribution >= 0.6 is 34.4 Å². The highest BCUT2D eigenvalue weighted by Gasteiger charge is 2.30. The van der Waals surface area contributed by atoms with Gasteiger partial charge >= 0.3 is 0 Å². The molecule has 18 heavy (non-hydrogen) atoms. The topological polar surface area (TPSA) is 58.7 Å². The normalized spacial score (nSPS) is 21.9. The minimum Gasteiger partial charge on any atom is -0.348 e. The van der Waals surface area contributed by atoms with Gasteiger partial charge in [-0.2, -0.15) is 0 Å². The third-order valence-corrected chi connectivity index (χ3v) is 4.65. The minimum atomic E-state index is -0.344. The summed E-state index contributed by atoms with van der Waals surface area (Å²) in [7, 11) is 0. The molecule has 0 amide bonds. The van der Waals surface area contributed by atoms with Crippen LogP contribution < -0.4 is 0 Å². The van der Waals surface area contributed by atoms with Gasteiger partial charge in [0.15, 0.2) is 5.17 Å². The molecule has 0 radical (unpaired) electrons. The molecule has 0 N–H and O–H groups in total. The lowest BCUT2D eigenvalue weighted by Gasteiger charge is -2.12. The van der Waals surface area contributed by atoms with Gasteiger partial charge in [0, 0.05) is 34.5 Å². The Morgan fingerprint density at radius 1 is 1.50 bits per heavy atom. The number of benzene rings is 1. The van der Waals surface area contributed by atoms with E-state index in [0.717, 1.165) is 33.1 Å². The van der Waals surface area contributed by atoms with Crippen molar-refractivity contribution in [1.29, 1.82) is 0 Å². The fraction of sp³-hybridized carbons (Fsp3) is 0.364. The van der Waals surface area contributed by atoms with Crippen molar-refractivity contribution in [3.63, 3.8) is 0 Å². The van der Waals surface area contributed by atoms with E-state index in [0.29, 0.717) is 0 Å². The number of nitro benzene ring substituents is 1. The molecule has 1 aromatic rings. The van der Waals surface area contributed by atoms with E-state index in [1.54, 1.807) is 23.9 Å². The fourth-order valence-corrected chi connectivity index (χ4v) is 3.90. The Bertz CT molecular complexity index is 549. The zero-order valence-electron chi connectivity index (χ0n) is 9.38. The van der Waals surface area contributed by atoms with Crippen molar-refractivity contribution in [3.05, 3.63) is 37.4 Å². The molecular formula is C11H10IN3O2S. The second-order valence-electron chi connectivity index (χ2n) is 4.22. The monoisotopic (exact) mass is 375 g/mol. The van der Waals surface area contributed by atoms with Crippen molar-refractivity contribution in [3.8, 4) is 0 Å². The number of non-ortho nitro benzene ring substituents is 1. The lowest BCUT2D eigenvalue weighted by molar-refractivity contribution is -0.385. The first kappa shape index (κ1) is 12.2. The highest BCUT2D eigenvalue weighted by molar-refractivity contribution is 14.1. The van der Waals surface area contributed by atoms with Crippen LogP contribution in [0.5, 0.6) is 0 Å². The summed E-state index contributed by atoms with van der Waals surface area (Å²) in [5.41, 5.74) is 1.09. The number of hydrogen-bond donors (Lipinski definition) is 0. The summed E-state index contributed by atoms with van der Waals surface area (Å²) in [6, 6.07) is 5.25. The average molecular weight is 375 g/mol. The quantitative estimate of drug-likeness (QED) is 0.453. The molecule has 3 rings (SSSR count). The lowest BCUT2D eigenvalue weighted by Crippen LogP contribution is -2.21. The average Bonchev–Trinajstić information content (AvgIpc) is 2.87. The number of aliphatic imine (C=N–C) groups is 1. The molecule has 2 aliphatic heterocycles. The van der Waals surface area contributed by atoms with E-state index in [1.165, 1.54) is 0 Å². The molecule has 2 aliphatic rings. The SMILES string of the molecule is O=[N+]([O-])c1cc(I)cc(C2CN3CCSC3=N2)c1. The van der Waals surface area contributed by atoms with Crippen LogP contribution in [0.25, 0.3) is 0 Å². The van der Waals surface area contributed by atoms with Crippen molar-refractivity contribution in [1.82, 2.24) is 4.90 Å². The van der Waals surface area contributed by atoms with Gasteiger partial charge in [0.05, 0.1) is 11.0 Å². The molecule has 0 spiro atoms. The van der Waals surface area contributed by atoms with Gasteiger partial charge in [-0.1, -0.05) is 11.8 Å². The van der Waals surface area contributed by atoms with Crippen molar-refractivity contribution >= 4 is 45.2 Å². The Balaban J connectivity index is 1.93. The minimum absolute atomic E-state index is 0.0428. The lowest BCUT2D eigenvalue weighted by atomic mass is 10.1. The second kappa shape index (κ2) is 4.69. The highest BCUT2D eigenvalue weighted by atomic mass is 127. The fourth-order valence-electron chi connectivity index (χ4n) is 2.18. The summed E-state index contributed by atoms with van der Waals surface area (Å²) in [5.74, 6) is 1.10. The van der Waals surface area contributed by atoms with Gasteiger partial charge in [-0.15, -0.1) is 0 Å². The summed E-state index contributed by atoms with van der Waals surface area (Å²) >= 11 is 3.88. The van der Waals surface area contributed by atoms with Crippen LogP contribution in [0, 0.1) is 13.7 Å². The summed E-state index contributed by atoms with van der Waals surface area (Å²) in [6.45, 7) is 1.88. The van der Waals surface area contributed by atoms with E-state index in [9.17, 15) is 10.1 Å². The second-order valence-corrected chi connectivity index (χ2v) is 6.53. The molecule has 0 aliphatic carbocycles. The van der Waals surface area contributed by atoms with Crippen LogP contribution in [0.3, 0.4) is 0 Å². The molecule has 7 heteroatoms. The van der Waals surface area contributed by atoms with Gasteiger partial charge < -0.3 is 4.90 Å². The molecule has 1 unspecified atom stereocenters. The smallest absolute Gasteiger partial charge is 0.270 e. The predicted octanol–water partition coefficient (Wildman–Crippen LogP) is 2.66. The molecule has 1 fully saturated rings. The van der Waals surface area contributed by atoms with Gasteiger partial charge in [0.2, 0.25) is 0 Å². The first-order valence-electron chi connectivity index (χ1n) is 5.54. The summed E-state index contributed by atoms with van der Waals surface area (Å²) in [6.07, 6.45) is 0. The van der Waals surface area contributed by atoms with E-state index in [-0.39, 0.29) is 16.7 Å². The molecular weight excluding hydrogens is 365 g/mol. The van der Waals surface area contributed by atoms with Crippen LogP contribution in [-0.2, 0) is 0 Å². The van der Waals surface area contributed by atoms with Gasteiger partial charge in [0.1, 0.15) is 0 Å². The number of nitrogens with zero attached hydrogens (tertiary/aromatic N) is 3. The predicted molar refractivity (Wildman–Crippen MR) is 80.0 cm³/mol. The maximum Gasteiger partial charge on any atom is 0.270 e. The number of hydrogen-bond acceptors (Lipinski definition) is 5.